The van der Waals surface area contributed by atoms with Crippen LogP contribution in [0.5, 0.6) is 0 Å². The predicted octanol–water partition coefficient (Wildman–Crippen LogP) is 4.17. The van der Waals surface area contributed by atoms with Gasteiger partial charge in [0.2, 0.25) is 5.76 Å². The number of hydrogen-bond acceptors (Lipinski definition) is 6. The van der Waals surface area contributed by atoms with Gasteiger partial charge in [0.25, 0.3) is 5.91 Å². The van der Waals surface area contributed by atoms with Crippen LogP contribution in [0.15, 0.2) is 70.8 Å². The zero-order valence-corrected chi connectivity index (χ0v) is 20.6. The van der Waals surface area contributed by atoms with E-state index in [-0.39, 0.29) is 29.3 Å². The lowest BCUT2D eigenvalue weighted by molar-refractivity contribution is -0.123. The van der Waals surface area contributed by atoms with Crippen molar-refractivity contribution in [1.29, 1.82) is 0 Å². The zero-order valence-electron chi connectivity index (χ0n) is 20.6. The summed E-state index contributed by atoms with van der Waals surface area (Å²) in [5.74, 6) is -1.95. The summed E-state index contributed by atoms with van der Waals surface area (Å²) >= 11 is 0. The fourth-order valence-electron chi connectivity index (χ4n) is 4.52. The molecule has 1 aliphatic heterocycles. The molecule has 2 N–H and O–H groups in total. The molecular weight excluding hydrogens is 490 g/mol. The SMILES string of the molecule is COC(=O)c1ccc(CN2C(=O)N/C(=C\c3c(C)n(Cc4cccc(C(=O)O)c4)c4ccccc34)C2=O)o1. The number of amides is 3. The first-order valence-electron chi connectivity index (χ1n) is 11.7. The normalized spacial score (nSPS) is 14.4. The van der Waals surface area contributed by atoms with Crippen molar-refractivity contribution in [3.8, 4) is 0 Å². The minimum Gasteiger partial charge on any atom is -0.478 e. The molecule has 3 amide bonds. The number of hydrogen-bond donors (Lipinski definition) is 2. The number of nitrogens with one attached hydrogen (secondary N) is 1. The molecular formula is C28H23N3O7. The molecule has 5 rings (SSSR count). The summed E-state index contributed by atoms with van der Waals surface area (Å²) in [5, 5.41) is 12.9. The van der Waals surface area contributed by atoms with Crippen molar-refractivity contribution in [3.05, 3.63) is 100 Å². The number of carbonyl (C=O) groups is 4. The van der Waals surface area contributed by atoms with Gasteiger partial charge < -0.3 is 24.1 Å². The van der Waals surface area contributed by atoms with Crippen molar-refractivity contribution in [2.24, 2.45) is 0 Å². The van der Waals surface area contributed by atoms with E-state index in [0.29, 0.717) is 6.54 Å². The Morgan fingerprint density at radius 3 is 2.61 bits per heavy atom. The topological polar surface area (TPSA) is 131 Å². The Kier molecular flexibility index (Phi) is 6.29. The summed E-state index contributed by atoms with van der Waals surface area (Å²) < 4.78 is 12.1. The van der Waals surface area contributed by atoms with E-state index in [2.05, 4.69) is 10.1 Å². The second-order valence-electron chi connectivity index (χ2n) is 8.74. The van der Waals surface area contributed by atoms with Crippen LogP contribution in [0.3, 0.4) is 0 Å². The molecule has 0 unspecified atom stereocenters. The lowest BCUT2D eigenvalue weighted by Gasteiger charge is -2.10. The zero-order chi connectivity index (χ0) is 27.0. The van der Waals surface area contributed by atoms with Gasteiger partial charge in [-0.2, -0.15) is 0 Å². The third-order valence-electron chi connectivity index (χ3n) is 6.41. The highest BCUT2D eigenvalue weighted by atomic mass is 16.5. The summed E-state index contributed by atoms with van der Waals surface area (Å²) in [6.07, 6.45) is 1.64. The second-order valence-corrected chi connectivity index (χ2v) is 8.74. The van der Waals surface area contributed by atoms with Gasteiger partial charge in [-0.15, -0.1) is 0 Å². The summed E-state index contributed by atoms with van der Waals surface area (Å²) in [6, 6.07) is 16.7. The third-order valence-corrected chi connectivity index (χ3v) is 6.41. The Hall–Kier alpha value is -5.12. The van der Waals surface area contributed by atoms with E-state index in [1.54, 1.807) is 24.3 Å². The molecule has 10 nitrogen and oxygen atoms in total. The van der Waals surface area contributed by atoms with Crippen molar-refractivity contribution in [2.75, 3.05) is 7.11 Å². The van der Waals surface area contributed by atoms with Crippen LogP contribution >= 0.6 is 0 Å². The quantitative estimate of drug-likeness (QED) is 0.215. The smallest absolute Gasteiger partial charge is 0.373 e. The Labute approximate surface area is 216 Å². The number of furan rings is 1. The molecule has 0 saturated carbocycles. The number of ether oxygens (including phenoxy) is 1. The van der Waals surface area contributed by atoms with Gasteiger partial charge in [0, 0.05) is 28.7 Å². The van der Waals surface area contributed by atoms with Crippen molar-refractivity contribution >= 4 is 40.9 Å². The van der Waals surface area contributed by atoms with E-state index in [0.717, 1.165) is 32.6 Å². The first-order valence-corrected chi connectivity index (χ1v) is 11.7. The van der Waals surface area contributed by atoms with Gasteiger partial charge in [-0.3, -0.25) is 9.69 Å². The lowest BCUT2D eigenvalue weighted by atomic mass is 10.1. The minimum absolute atomic E-state index is 0.0253. The molecule has 10 heteroatoms. The first-order chi connectivity index (χ1) is 18.3. The minimum atomic E-state index is -0.998. The number of fused-ring (bicyclic) bond motifs is 1. The Balaban J connectivity index is 1.46. The standard InChI is InChI=1S/C28H23N3O7/c1-16-21(13-22-25(32)31(28(36)29-22)15-19-10-11-24(38-19)27(35)37-2)20-8-3-4-9-23(20)30(16)14-17-6-5-7-18(12-17)26(33)34/h3-13H,14-15H2,1-2H3,(H,29,36)(H,33,34)/b22-13-. The van der Waals surface area contributed by atoms with Gasteiger partial charge >= 0.3 is 18.0 Å². The van der Waals surface area contributed by atoms with E-state index >= 15 is 0 Å². The molecule has 192 valence electrons. The van der Waals surface area contributed by atoms with E-state index in [1.807, 2.05) is 41.8 Å². The first kappa shape index (κ1) is 24.6. The Bertz CT molecular complexity index is 1640. The number of carboxylic acids is 1. The number of nitrogens with zero attached hydrogens (tertiary/aromatic N) is 2. The number of esters is 1. The predicted molar refractivity (Wildman–Crippen MR) is 136 cm³/mol. The molecule has 0 spiro atoms. The molecule has 3 heterocycles. The van der Waals surface area contributed by atoms with Crippen molar-refractivity contribution in [2.45, 2.75) is 20.0 Å². The average Bonchev–Trinajstić information content (AvgIpc) is 3.57. The van der Waals surface area contributed by atoms with Crippen LogP contribution in [0, 0.1) is 6.92 Å². The van der Waals surface area contributed by atoms with Crippen LogP contribution in [0.25, 0.3) is 17.0 Å². The summed E-state index contributed by atoms with van der Waals surface area (Å²) in [6.45, 7) is 2.17. The number of benzene rings is 2. The molecule has 1 aliphatic rings. The third kappa shape index (κ3) is 4.43. The maximum Gasteiger partial charge on any atom is 0.373 e. The van der Waals surface area contributed by atoms with Crippen molar-refractivity contribution in [3.63, 3.8) is 0 Å². The number of para-hydroxylation sites is 1. The van der Waals surface area contributed by atoms with Gasteiger partial charge in [0.1, 0.15) is 11.5 Å². The highest BCUT2D eigenvalue weighted by molar-refractivity contribution is 6.14. The van der Waals surface area contributed by atoms with Crippen LogP contribution in [0.2, 0.25) is 0 Å². The van der Waals surface area contributed by atoms with Crippen LogP contribution in [-0.2, 0) is 22.6 Å². The molecule has 38 heavy (non-hydrogen) atoms. The monoisotopic (exact) mass is 513 g/mol. The van der Waals surface area contributed by atoms with Crippen LogP contribution in [0.4, 0.5) is 4.79 Å². The van der Waals surface area contributed by atoms with Crippen molar-refractivity contribution in [1.82, 2.24) is 14.8 Å². The maximum atomic E-state index is 13.1. The Morgan fingerprint density at radius 1 is 1.05 bits per heavy atom. The molecule has 2 aromatic heterocycles. The second kappa shape index (κ2) is 9.74. The largest absolute Gasteiger partial charge is 0.478 e. The fourth-order valence-corrected chi connectivity index (χ4v) is 4.52. The summed E-state index contributed by atoms with van der Waals surface area (Å²) in [5.41, 5.74) is 3.62. The number of methoxy groups -OCH3 is 1. The molecule has 1 saturated heterocycles. The van der Waals surface area contributed by atoms with E-state index in [4.69, 9.17) is 4.42 Å². The molecule has 1 fully saturated rings. The van der Waals surface area contributed by atoms with Gasteiger partial charge in [-0.05, 0) is 48.9 Å². The number of aromatic carboxylic acids is 1. The molecule has 0 radical (unpaired) electrons. The average molecular weight is 514 g/mol. The van der Waals surface area contributed by atoms with Gasteiger partial charge in [-0.25, -0.2) is 14.4 Å². The number of carbonyl (C=O) groups excluding carboxylic acids is 3. The fraction of sp³-hybridized carbons (Fsp3) is 0.143. The van der Waals surface area contributed by atoms with Crippen LogP contribution in [0.1, 0.15) is 43.5 Å². The molecule has 4 aromatic rings. The number of urea groups is 1. The molecule has 0 atom stereocenters. The number of rotatable bonds is 7. The number of aromatic nitrogens is 1. The molecule has 0 bridgehead atoms. The molecule has 2 aromatic carbocycles. The molecule has 0 aliphatic carbocycles. The lowest BCUT2D eigenvalue weighted by Crippen LogP contribution is -2.30. The van der Waals surface area contributed by atoms with Gasteiger partial charge in [-0.1, -0.05) is 30.3 Å². The van der Waals surface area contributed by atoms with Gasteiger partial charge in [0.15, 0.2) is 0 Å². The maximum absolute atomic E-state index is 13.1. The van der Waals surface area contributed by atoms with Gasteiger partial charge in [0.05, 0.1) is 19.2 Å². The summed E-state index contributed by atoms with van der Waals surface area (Å²) in [4.78, 5) is 49.8. The van der Waals surface area contributed by atoms with E-state index in [9.17, 15) is 24.3 Å². The highest BCUT2D eigenvalue weighted by Crippen LogP contribution is 2.30. The number of carboxylic acid groups (broad SMARTS) is 1. The number of imide groups is 1. The van der Waals surface area contributed by atoms with Crippen LogP contribution in [-0.4, -0.2) is 45.6 Å². The van der Waals surface area contributed by atoms with Crippen molar-refractivity contribution < 1.29 is 33.4 Å². The van der Waals surface area contributed by atoms with E-state index in [1.165, 1.54) is 19.2 Å². The van der Waals surface area contributed by atoms with E-state index < -0.39 is 23.9 Å². The van der Waals surface area contributed by atoms with Crippen LogP contribution < -0.4 is 5.32 Å². The highest BCUT2D eigenvalue weighted by Gasteiger charge is 2.35. The Morgan fingerprint density at radius 2 is 1.84 bits per heavy atom. The summed E-state index contributed by atoms with van der Waals surface area (Å²) in [7, 11) is 1.23.